The highest BCUT2D eigenvalue weighted by Gasteiger charge is 2.44. The highest BCUT2D eigenvalue weighted by atomic mass is 19.4. The number of furan rings is 1. The molecule has 0 aromatic carbocycles. The molecule has 0 aliphatic carbocycles. The fourth-order valence-corrected chi connectivity index (χ4v) is 4.06. The minimum absolute atomic E-state index is 0.0410. The van der Waals surface area contributed by atoms with Gasteiger partial charge in [-0.1, -0.05) is 0 Å². The van der Waals surface area contributed by atoms with Crippen molar-refractivity contribution in [3.63, 3.8) is 0 Å². The van der Waals surface area contributed by atoms with Gasteiger partial charge in [-0.3, -0.25) is 14.8 Å². The van der Waals surface area contributed by atoms with Gasteiger partial charge in [0.2, 0.25) is 5.88 Å². The average molecular weight is 433 g/mol. The second kappa shape index (κ2) is 7.84. The number of nitrogens with zero attached hydrogens (tertiary/aromatic N) is 3. The molecule has 2 atom stereocenters. The molecule has 4 N–H and O–H groups in total. The van der Waals surface area contributed by atoms with E-state index in [0.29, 0.717) is 22.4 Å². The second-order valence-electron chi connectivity index (χ2n) is 7.94. The number of anilines is 2. The van der Waals surface area contributed by atoms with Crippen molar-refractivity contribution in [3.8, 4) is 0 Å². The molecule has 164 valence electrons. The molecule has 3 aromatic heterocycles. The van der Waals surface area contributed by atoms with E-state index in [1.165, 1.54) is 12.4 Å². The van der Waals surface area contributed by atoms with Crippen molar-refractivity contribution in [3.05, 3.63) is 47.4 Å². The number of nitrogen functional groups attached to an aromatic ring is 1. The molecule has 1 aliphatic rings. The fourth-order valence-electron chi connectivity index (χ4n) is 4.06. The molecule has 3 aromatic rings. The standard InChI is InChI=1S/C21H22F3N5O2/c1-11-4-17-19(28-7-11)18(20(26)31-17)16(30)5-12-8-27-3-2-15(12)29-9-13(21(22,23)24)6-14(25)10-29/h2-4,7-8,13-14H,5-6,9-10,25-26H2,1H3/t13-,14+/m1/s1. The van der Waals surface area contributed by atoms with E-state index in [-0.39, 0.29) is 43.2 Å². The van der Waals surface area contributed by atoms with Gasteiger partial charge in [0.15, 0.2) is 11.4 Å². The number of pyridine rings is 2. The van der Waals surface area contributed by atoms with E-state index >= 15 is 0 Å². The fraction of sp³-hybridized carbons (Fsp3) is 0.381. The van der Waals surface area contributed by atoms with E-state index < -0.39 is 18.1 Å². The van der Waals surface area contributed by atoms with Crippen LogP contribution in [0, 0.1) is 12.8 Å². The first kappa shape index (κ1) is 21.1. The van der Waals surface area contributed by atoms with E-state index in [2.05, 4.69) is 9.97 Å². The lowest BCUT2D eigenvalue weighted by atomic mass is 9.93. The van der Waals surface area contributed by atoms with Crippen molar-refractivity contribution in [2.24, 2.45) is 11.7 Å². The SMILES string of the molecule is Cc1cnc2c(C(=O)Cc3cnccc3N3C[C@@H](N)C[C@@H](C(F)(F)F)C3)c(N)oc2c1. The van der Waals surface area contributed by atoms with Crippen LogP contribution in [-0.2, 0) is 6.42 Å². The zero-order chi connectivity index (χ0) is 22.3. The molecule has 0 radical (unpaired) electrons. The van der Waals surface area contributed by atoms with Gasteiger partial charge < -0.3 is 20.8 Å². The number of hydrogen-bond acceptors (Lipinski definition) is 7. The number of ketones is 1. The van der Waals surface area contributed by atoms with Gasteiger partial charge in [0.25, 0.3) is 0 Å². The van der Waals surface area contributed by atoms with Crippen LogP contribution >= 0.6 is 0 Å². The van der Waals surface area contributed by atoms with E-state index in [9.17, 15) is 18.0 Å². The van der Waals surface area contributed by atoms with Crippen molar-refractivity contribution in [1.82, 2.24) is 9.97 Å². The first-order valence-electron chi connectivity index (χ1n) is 9.81. The normalized spacial score (nSPS) is 19.7. The Kier molecular flexibility index (Phi) is 5.34. The van der Waals surface area contributed by atoms with E-state index in [0.717, 1.165) is 5.56 Å². The zero-order valence-electron chi connectivity index (χ0n) is 16.8. The highest BCUT2D eigenvalue weighted by Crippen LogP contribution is 2.36. The highest BCUT2D eigenvalue weighted by molar-refractivity contribution is 6.10. The molecule has 4 rings (SSSR count). The summed E-state index contributed by atoms with van der Waals surface area (Å²) in [6.45, 7) is 1.88. The number of aromatic nitrogens is 2. The third kappa shape index (κ3) is 4.20. The summed E-state index contributed by atoms with van der Waals surface area (Å²) >= 11 is 0. The lowest BCUT2D eigenvalue weighted by Gasteiger charge is -2.39. The topological polar surface area (TPSA) is 111 Å². The Morgan fingerprint density at radius 3 is 2.84 bits per heavy atom. The summed E-state index contributed by atoms with van der Waals surface area (Å²) in [5.74, 6) is -1.93. The Bertz CT molecular complexity index is 1130. The molecule has 10 heteroatoms. The Labute approximate surface area is 176 Å². The van der Waals surface area contributed by atoms with Crippen LogP contribution in [0.1, 0.15) is 27.9 Å². The van der Waals surface area contributed by atoms with Crippen molar-refractivity contribution in [2.45, 2.75) is 32.0 Å². The van der Waals surface area contributed by atoms with Crippen LogP contribution in [0.25, 0.3) is 11.1 Å². The Balaban J connectivity index is 1.64. The molecular formula is C21H22F3N5O2. The minimum Gasteiger partial charge on any atom is -0.438 e. The Hall–Kier alpha value is -3.14. The van der Waals surface area contributed by atoms with Crippen molar-refractivity contribution in [2.75, 3.05) is 23.7 Å². The molecule has 4 heterocycles. The monoisotopic (exact) mass is 433 g/mol. The third-order valence-electron chi connectivity index (χ3n) is 5.49. The molecule has 0 amide bonds. The number of carbonyl (C=O) groups excluding carboxylic acids is 1. The van der Waals surface area contributed by atoms with E-state index in [1.54, 1.807) is 23.2 Å². The second-order valence-corrected chi connectivity index (χ2v) is 7.94. The van der Waals surface area contributed by atoms with Gasteiger partial charge in [0.05, 0.1) is 5.92 Å². The molecule has 1 fully saturated rings. The zero-order valence-corrected chi connectivity index (χ0v) is 16.8. The minimum atomic E-state index is -4.34. The smallest absolute Gasteiger partial charge is 0.393 e. The van der Waals surface area contributed by atoms with Gasteiger partial charge in [0, 0.05) is 55.4 Å². The van der Waals surface area contributed by atoms with E-state index in [4.69, 9.17) is 15.9 Å². The molecular weight excluding hydrogens is 411 g/mol. The van der Waals surface area contributed by atoms with Gasteiger partial charge in [-0.05, 0) is 31.0 Å². The predicted octanol–water partition coefficient (Wildman–Crippen LogP) is 3.25. The maximum atomic E-state index is 13.3. The number of rotatable bonds is 4. The molecule has 0 spiro atoms. The summed E-state index contributed by atoms with van der Waals surface area (Å²) in [6, 6.07) is 2.71. The number of alkyl halides is 3. The number of Topliss-reactive ketones (excluding diaryl/α,β-unsaturated/α-hetero) is 1. The molecule has 0 bridgehead atoms. The average Bonchev–Trinajstić information content (AvgIpc) is 3.02. The number of hydrogen-bond donors (Lipinski definition) is 2. The molecule has 1 saturated heterocycles. The van der Waals surface area contributed by atoms with Crippen LogP contribution in [0.5, 0.6) is 0 Å². The van der Waals surface area contributed by atoms with Gasteiger partial charge in [-0.25, -0.2) is 0 Å². The molecule has 1 aliphatic heterocycles. The lowest BCUT2D eigenvalue weighted by molar-refractivity contribution is -0.177. The largest absolute Gasteiger partial charge is 0.438 e. The maximum Gasteiger partial charge on any atom is 0.393 e. The first-order chi connectivity index (χ1) is 14.6. The number of halogens is 3. The predicted molar refractivity (Wildman–Crippen MR) is 110 cm³/mol. The molecule has 0 saturated carbocycles. The number of piperidine rings is 1. The number of carbonyl (C=O) groups is 1. The number of aryl methyl sites for hydroxylation is 1. The van der Waals surface area contributed by atoms with Gasteiger partial charge in [-0.2, -0.15) is 13.2 Å². The molecule has 7 nitrogen and oxygen atoms in total. The Morgan fingerprint density at radius 1 is 1.32 bits per heavy atom. The van der Waals surface area contributed by atoms with Gasteiger partial charge in [-0.15, -0.1) is 0 Å². The van der Waals surface area contributed by atoms with Crippen LogP contribution in [-0.4, -0.2) is 41.1 Å². The van der Waals surface area contributed by atoms with Crippen LogP contribution < -0.4 is 16.4 Å². The summed E-state index contributed by atoms with van der Waals surface area (Å²) in [7, 11) is 0. The first-order valence-corrected chi connectivity index (χ1v) is 9.81. The van der Waals surface area contributed by atoms with Crippen LogP contribution in [0.4, 0.5) is 24.7 Å². The summed E-state index contributed by atoms with van der Waals surface area (Å²) in [6.07, 6.45) is -0.00479. The Morgan fingerprint density at radius 2 is 2.10 bits per heavy atom. The van der Waals surface area contributed by atoms with Crippen LogP contribution in [0.3, 0.4) is 0 Å². The number of nitrogens with two attached hydrogens (primary N) is 2. The van der Waals surface area contributed by atoms with Crippen LogP contribution in [0.15, 0.2) is 35.1 Å². The quantitative estimate of drug-likeness (QED) is 0.608. The lowest BCUT2D eigenvalue weighted by Crippen LogP contribution is -2.51. The van der Waals surface area contributed by atoms with Crippen molar-refractivity contribution < 1.29 is 22.4 Å². The summed E-state index contributed by atoms with van der Waals surface area (Å²) in [4.78, 5) is 23.0. The van der Waals surface area contributed by atoms with Crippen LogP contribution in [0.2, 0.25) is 0 Å². The van der Waals surface area contributed by atoms with Gasteiger partial charge >= 0.3 is 6.18 Å². The third-order valence-corrected chi connectivity index (χ3v) is 5.49. The van der Waals surface area contributed by atoms with Crippen molar-refractivity contribution >= 4 is 28.5 Å². The van der Waals surface area contributed by atoms with Crippen molar-refractivity contribution in [1.29, 1.82) is 0 Å². The van der Waals surface area contributed by atoms with Gasteiger partial charge in [0.1, 0.15) is 11.1 Å². The molecule has 31 heavy (non-hydrogen) atoms. The molecule has 0 unspecified atom stereocenters. The number of fused-ring (bicyclic) bond motifs is 1. The summed E-state index contributed by atoms with van der Waals surface area (Å²) < 4.78 is 45.5. The summed E-state index contributed by atoms with van der Waals surface area (Å²) in [5, 5.41) is 0. The summed E-state index contributed by atoms with van der Waals surface area (Å²) in [5.41, 5.74) is 14.6. The van der Waals surface area contributed by atoms with E-state index in [1.807, 2.05) is 6.92 Å². The maximum absolute atomic E-state index is 13.3.